The standard InChI is InChI=1S/C21H22N2O4/c1-13-4-5-16-14(2)17(21(25)27-18(16)10-13)6-7-19(24)23-12-15-8-9-22-20(11-15)26-3/h4-5,8-11H,6-7,12H2,1-3H3,(H,23,24). The first-order valence-electron chi connectivity index (χ1n) is 8.76. The van der Waals surface area contributed by atoms with E-state index in [1.54, 1.807) is 19.4 Å². The summed E-state index contributed by atoms with van der Waals surface area (Å²) in [6.45, 7) is 4.22. The third kappa shape index (κ3) is 4.34. The number of pyridine rings is 1. The number of nitrogens with one attached hydrogen (secondary N) is 1. The Morgan fingerprint density at radius 3 is 2.81 bits per heavy atom. The largest absolute Gasteiger partial charge is 0.481 e. The molecule has 2 aromatic heterocycles. The first-order valence-corrected chi connectivity index (χ1v) is 8.76. The van der Waals surface area contributed by atoms with Crippen LogP contribution in [0.25, 0.3) is 11.0 Å². The number of nitrogens with zero attached hydrogens (tertiary/aromatic N) is 1. The molecule has 0 unspecified atom stereocenters. The summed E-state index contributed by atoms with van der Waals surface area (Å²) < 4.78 is 10.5. The van der Waals surface area contributed by atoms with Crippen molar-refractivity contribution in [2.75, 3.05) is 7.11 Å². The topological polar surface area (TPSA) is 81.4 Å². The van der Waals surface area contributed by atoms with Crippen molar-refractivity contribution in [1.29, 1.82) is 0 Å². The average Bonchev–Trinajstić information content (AvgIpc) is 2.66. The van der Waals surface area contributed by atoms with Gasteiger partial charge < -0.3 is 14.5 Å². The van der Waals surface area contributed by atoms with Crippen LogP contribution in [-0.4, -0.2) is 18.0 Å². The van der Waals surface area contributed by atoms with Crippen LogP contribution in [0.1, 0.15) is 28.7 Å². The lowest BCUT2D eigenvalue weighted by Gasteiger charge is -2.09. The van der Waals surface area contributed by atoms with E-state index in [9.17, 15) is 9.59 Å². The molecule has 0 aliphatic rings. The molecule has 140 valence electrons. The van der Waals surface area contributed by atoms with Gasteiger partial charge in [0.25, 0.3) is 0 Å². The van der Waals surface area contributed by atoms with Gasteiger partial charge in [0.1, 0.15) is 5.58 Å². The maximum absolute atomic E-state index is 12.3. The predicted octanol–water partition coefficient (Wildman–Crippen LogP) is 3.06. The van der Waals surface area contributed by atoms with Crippen molar-refractivity contribution in [3.63, 3.8) is 0 Å². The van der Waals surface area contributed by atoms with E-state index in [-0.39, 0.29) is 18.0 Å². The number of carbonyl (C=O) groups is 1. The van der Waals surface area contributed by atoms with E-state index < -0.39 is 0 Å². The van der Waals surface area contributed by atoms with Crippen molar-refractivity contribution in [1.82, 2.24) is 10.3 Å². The van der Waals surface area contributed by atoms with Gasteiger partial charge in [-0.25, -0.2) is 9.78 Å². The summed E-state index contributed by atoms with van der Waals surface area (Å²) in [4.78, 5) is 28.5. The fourth-order valence-corrected chi connectivity index (χ4v) is 2.99. The maximum atomic E-state index is 12.3. The molecule has 1 aromatic carbocycles. The van der Waals surface area contributed by atoms with Crippen LogP contribution in [0.5, 0.6) is 5.88 Å². The SMILES string of the molecule is COc1cc(CNC(=O)CCc2c(C)c3ccc(C)cc3oc2=O)ccn1. The zero-order valence-electron chi connectivity index (χ0n) is 15.7. The molecule has 0 saturated carbocycles. The Hall–Kier alpha value is -3.15. The molecule has 6 heteroatoms. The number of carbonyl (C=O) groups excluding carboxylic acids is 1. The summed E-state index contributed by atoms with van der Waals surface area (Å²) >= 11 is 0. The monoisotopic (exact) mass is 366 g/mol. The highest BCUT2D eigenvalue weighted by Gasteiger charge is 2.13. The first-order chi connectivity index (χ1) is 13.0. The second kappa shape index (κ2) is 8.03. The molecule has 2 heterocycles. The number of aryl methyl sites for hydroxylation is 2. The summed E-state index contributed by atoms with van der Waals surface area (Å²) in [6, 6.07) is 9.36. The van der Waals surface area contributed by atoms with E-state index >= 15 is 0 Å². The number of amides is 1. The van der Waals surface area contributed by atoms with Crippen LogP contribution < -0.4 is 15.7 Å². The molecule has 0 aliphatic heterocycles. The highest BCUT2D eigenvalue weighted by atomic mass is 16.5. The molecular weight excluding hydrogens is 344 g/mol. The highest BCUT2D eigenvalue weighted by Crippen LogP contribution is 2.21. The Kier molecular flexibility index (Phi) is 5.54. The Morgan fingerprint density at radius 2 is 2.04 bits per heavy atom. The molecule has 0 fully saturated rings. The fourth-order valence-electron chi connectivity index (χ4n) is 2.99. The Labute approximate surface area is 157 Å². The van der Waals surface area contributed by atoms with E-state index in [1.165, 1.54) is 0 Å². The van der Waals surface area contributed by atoms with E-state index in [4.69, 9.17) is 9.15 Å². The van der Waals surface area contributed by atoms with Crippen LogP contribution in [0.2, 0.25) is 0 Å². The van der Waals surface area contributed by atoms with E-state index in [1.807, 2.05) is 38.1 Å². The van der Waals surface area contributed by atoms with Gasteiger partial charge in [0, 0.05) is 36.2 Å². The van der Waals surface area contributed by atoms with Crippen molar-refractivity contribution in [3.8, 4) is 5.88 Å². The minimum Gasteiger partial charge on any atom is -0.481 e. The van der Waals surface area contributed by atoms with Crippen molar-refractivity contribution in [2.45, 2.75) is 33.2 Å². The van der Waals surface area contributed by atoms with Gasteiger partial charge >= 0.3 is 5.63 Å². The van der Waals surface area contributed by atoms with Gasteiger partial charge in [-0.3, -0.25) is 4.79 Å². The Morgan fingerprint density at radius 1 is 1.22 bits per heavy atom. The molecule has 1 N–H and O–H groups in total. The number of fused-ring (bicyclic) bond motifs is 1. The molecule has 0 bridgehead atoms. The number of ether oxygens (including phenoxy) is 1. The van der Waals surface area contributed by atoms with Crippen molar-refractivity contribution in [3.05, 3.63) is 69.2 Å². The molecule has 27 heavy (non-hydrogen) atoms. The van der Waals surface area contributed by atoms with Gasteiger partial charge in [0.15, 0.2) is 0 Å². The molecule has 0 atom stereocenters. The average molecular weight is 366 g/mol. The molecule has 0 aliphatic carbocycles. The van der Waals surface area contributed by atoms with Crippen molar-refractivity contribution >= 4 is 16.9 Å². The summed E-state index contributed by atoms with van der Waals surface area (Å²) in [5, 5.41) is 3.75. The minimum atomic E-state index is -0.378. The molecule has 0 saturated heterocycles. The van der Waals surface area contributed by atoms with Crippen LogP contribution in [-0.2, 0) is 17.8 Å². The van der Waals surface area contributed by atoms with Crippen molar-refractivity contribution in [2.24, 2.45) is 0 Å². The molecule has 6 nitrogen and oxygen atoms in total. The maximum Gasteiger partial charge on any atom is 0.339 e. The smallest absolute Gasteiger partial charge is 0.339 e. The van der Waals surface area contributed by atoms with E-state index in [0.29, 0.717) is 30.0 Å². The van der Waals surface area contributed by atoms with Crippen LogP contribution in [0.3, 0.4) is 0 Å². The molecule has 3 aromatic rings. The summed E-state index contributed by atoms with van der Waals surface area (Å²) in [5.74, 6) is 0.370. The van der Waals surface area contributed by atoms with Gasteiger partial charge in [-0.2, -0.15) is 0 Å². The second-order valence-electron chi connectivity index (χ2n) is 6.48. The number of hydrogen-bond acceptors (Lipinski definition) is 5. The minimum absolute atomic E-state index is 0.131. The third-order valence-electron chi connectivity index (χ3n) is 4.54. The number of aromatic nitrogens is 1. The van der Waals surface area contributed by atoms with Gasteiger partial charge in [0.2, 0.25) is 11.8 Å². The zero-order chi connectivity index (χ0) is 19.4. The molecular formula is C21H22N2O4. The van der Waals surface area contributed by atoms with Crippen molar-refractivity contribution < 1.29 is 13.9 Å². The summed E-state index contributed by atoms with van der Waals surface area (Å²) in [7, 11) is 1.55. The quantitative estimate of drug-likeness (QED) is 0.678. The molecule has 3 rings (SSSR count). The lowest BCUT2D eigenvalue weighted by molar-refractivity contribution is -0.121. The van der Waals surface area contributed by atoms with Crippen LogP contribution >= 0.6 is 0 Å². The summed E-state index contributed by atoms with van der Waals surface area (Å²) in [5.41, 5.74) is 3.55. The fraction of sp³-hybridized carbons (Fsp3) is 0.286. The molecule has 0 radical (unpaired) electrons. The van der Waals surface area contributed by atoms with Gasteiger partial charge in [0.05, 0.1) is 7.11 Å². The second-order valence-corrected chi connectivity index (χ2v) is 6.48. The highest BCUT2D eigenvalue weighted by molar-refractivity contribution is 5.82. The number of benzene rings is 1. The van der Waals surface area contributed by atoms with E-state index in [2.05, 4.69) is 10.3 Å². The Bertz CT molecular complexity index is 1040. The lowest BCUT2D eigenvalue weighted by Crippen LogP contribution is -2.24. The Balaban J connectivity index is 1.66. The van der Waals surface area contributed by atoms with Gasteiger partial charge in [-0.1, -0.05) is 12.1 Å². The van der Waals surface area contributed by atoms with Gasteiger partial charge in [-0.15, -0.1) is 0 Å². The van der Waals surface area contributed by atoms with E-state index in [0.717, 1.165) is 22.1 Å². The van der Waals surface area contributed by atoms with Gasteiger partial charge in [-0.05, 0) is 49.1 Å². The third-order valence-corrected chi connectivity index (χ3v) is 4.54. The van der Waals surface area contributed by atoms with Crippen LogP contribution in [0, 0.1) is 13.8 Å². The molecule has 0 spiro atoms. The molecule has 1 amide bonds. The number of methoxy groups -OCH3 is 1. The first kappa shape index (κ1) is 18.6. The summed E-state index contributed by atoms with van der Waals surface area (Å²) in [6.07, 6.45) is 2.18. The number of rotatable bonds is 6. The lowest BCUT2D eigenvalue weighted by atomic mass is 10.0. The zero-order valence-corrected chi connectivity index (χ0v) is 15.7. The van der Waals surface area contributed by atoms with Crippen LogP contribution in [0.4, 0.5) is 0 Å². The number of hydrogen-bond donors (Lipinski definition) is 1. The predicted molar refractivity (Wildman–Crippen MR) is 103 cm³/mol. The normalized spacial score (nSPS) is 10.8. The van der Waals surface area contributed by atoms with Crippen LogP contribution in [0.15, 0.2) is 45.7 Å².